The van der Waals surface area contributed by atoms with Crippen molar-refractivity contribution in [2.24, 2.45) is 5.92 Å². The summed E-state index contributed by atoms with van der Waals surface area (Å²) < 4.78 is 2.03. The molecule has 2 aromatic rings. The predicted octanol–water partition coefficient (Wildman–Crippen LogP) is 2.81. The Morgan fingerprint density at radius 3 is 2.80 bits per heavy atom. The number of hydrogen-bond acceptors (Lipinski definition) is 4. The molecular weight excluding hydrogens is 332 g/mol. The molecule has 6 heteroatoms. The van der Waals surface area contributed by atoms with Crippen LogP contribution in [0.2, 0.25) is 0 Å². The lowest BCUT2D eigenvalue weighted by atomic mass is 10.1. The summed E-state index contributed by atoms with van der Waals surface area (Å²) in [6.07, 6.45) is 9.56. The average Bonchev–Trinajstić information content (AvgIpc) is 3.14. The maximum absolute atomic E-state index is 12.5. The summed E-state index contributed by atoms with van der Waals surface area (Å²) in [5.41, 5.74) is 1.74. The van der Waals surface area contributed by atoms with Crippen LogP contribution >= 0.6 is 11.8 Å². The van der Waals surface area contributed by atoms with Crippen LogP contribution in [-0.4, -0.2) is 52.3 Å². The first-order valence-corrected chi connectivity index (χ1v) is 10.2. The van der Waals surface area contributed by atoms with E-state index in [9.17, 15) is 4.79 Å². The molecule has 1 aromatic heterocycles. The number of rotatable bonds is 6. The number of carbonyl (C=O) groups excluding carboxylic acids is 1. The Balaban J connectivity index is 1.36. The number of benzene rings is 1. The lowest BCUT2D eigenvalue weighted by Crippen LogP contribution is -2.37. The fourth-order valence-corrected chi connectivity index (χ4v) is 3.99. The number of imidazole rings is 1. The molecule has 2 heterocycles. The SMILES string of the molecule is CSc1nccn1-c1ccc(C(=O)NC2CCN(CC3CC3)C2)cc1. The van der Waals surface area contributed by atoms with Gasteiger partial charge in [0.2, 0.25) is 0 Å². The quantitative estimate of drug-likeness (QED) is 0.809. The topological polar surface area (TPSA) is 50.2 Å². The van der Waals surface area contributed by atoms with E-state index < -0.39 is 0 Å². The molecule has 1 aliphatic heterocycles. The largest absolute Gasteiger partial charge is 0.348 e. The molecule has 2 aliphatic rings. The third kappa shape index (κ3) is 3.90. The van der Waals surface area contributed by atoms with Gasteiger partial charge in [0.15, 0.2) is 5.16 Å². The van der Waals surface area contributed by atoms with Gasteiger partial charge in [-0.15, -0.1) is 0 Å². The van der Waals surface area contributed by atoms with Crippen molar-refractivity contribution >= 4 is 17.7 Å². The third-order valence-corrected chi connectivity index (χ3v) is 5.69. The van der Waals surface area contributed by atoms with E-state index in [0.29, 0.717) is 0 Å². The monoisotopic (exact) mass is 356 g/mol. The second-order valence-corrected chi connectivity index (χ2v) is 7.77. The molecule has 1 aromatic carbocycles. The molecule has 1 atom stereocenters. The van der Waals surface area contributed by atoms with Crippen LogP contribution in [0.25, 0.3) is 5.69 Å². The van der Waals surface area contributed by atoms with E-state index in [1.807, 2.05) is 41.3 Å². The normalized spacial score (nSPS) is 20.8. The molecule has 25 heavy (non-hydrogen) atoms. The van der Waals surface area contributed by atoms with E-state index in [-0.39, 0.29) is 11.9 Å². The summed E-state index contributed by atoms with van der Waals surface area (Å²) >= 11 is 1.61. The van der Waals surface area contributed by atoms with Crippen LogP contribution < -0.4 is 5.32 Å². The Labute approximate surface area is 152 Å². The van der Waals surface area contributed by atoms with E-state index in [0.717, 1.165) is 41.8 Å². The Morgan fingerprint density at radius 1 is 1.28 bits per heavy atom. The van der Waals surface area contributed by atoms with E-state index >= 15 is 0 Å². The first-order valence-electron chi connectivity index (χ1n) is 8.94. The number of likely N-dealkylation sites (tertiary alicyclic amines) is 1. The van der Waals surface area contributed by atoms with Crippen molar-refractivity contribution in [2.75, 3.05) is 25.9 Å². The summed E-state index contributed by atoms with van der Waals surface area (Å²) in [7, 11) is 0. The summed E-state index contributed by atoms with van der Waals surface area (Å²) in [6, 6.07) is 8.02. The zero-order chi connectivity index (χ0) is 17.2. The highest BCUT2D eigenvalue weighted by Crippen LogP contribution is 2.30. The van der Waals surface area contributed by atoms with E-state index in [1.165, 1.54) is 19.4 Å². The van der Waals surface area contributed by atoms with Gasteiger partial charge in [-0.05, 0) is 55.7 Å². The molecule has 5 nitrogen and oxygen atoms in total. The van der Waals surface area contributed by atoms with Crippen LogP contribution in [-0.2, 0) is 0 Å². The minimum atomic E-state index is 0.0283. The molecule has 0 bridgehead atoms. The predicted molar refractivity (Wildman–Crippen MR) is 100 cm³/mol. The molecule has 1 aliphatic carbocycles. The van der Waals surface area contributed by atoms with Gasteiger partial charge in [0.05, 0.1) is 0 Å². The Morgan fingerprint density at radius 2 is 2.08 bits per heavy atom. The molecule has 4 rings (SSSR count). The van der Waals surface area contributed by atoms with E-state index in [4.69, 9.17) is 0 Å². The van der Waals surface area contributed by atoms with Crippen LogP contribution in [0.4, 0.5) is 0 Å². The van der Waals surface area contributed by atoms with Gasteiger partial charge in [0.25, 0.3) is 5.91 Å². The summed E-state index contributed by atoms with van der Waals surface area (Å²) in [5.74, 6) is 0.942. The standard InChI is InChI=1S/C19H24N4OS/c1-25-19-20-9-11-23(19)17-6-4-15(5-7-17)18(24)21-16-8-10-22(13-16)12-14-2-3-14/h4-7,9,11,14,16H,2-3,8,10,12-13H2,1H3,(H,21,24). The van der Waals surface area contributed by atoms with Gasteiger partial charge in [0, 0.05) is 49.3 Å². The van der Waals surface area contributed by atoms with Crippen LogP contribution in [0.15, 0.2) is 41.8 Å². The van der Waals surface area contributed by atoms with Crippen LogP contribution in [0.3, 0.4) is 0 Å². The van der Waals surface area contributed by atoms with Gasteiger partial charge in [-0.3, -0.25) is 9.36 Å². The number of carbonyl (C=O) groups is 1. The molecule has 2 fully saturated rings. The van der Waals surface area contributed by atoms with Gasteiger partial charge in [-0.1, -0.05) is 11.8 Å². The lowest BCUT2D eigenvalue weighted by Gasteiger charge is -2.16. The zero-order valence-corrected chi connectivity index (χ0v) is 15.3. The van der Waals surface area contributed by atoms with Crippen molar-refractivity contribution < 1.29 is 4.79 Å². The van der Waals surface area contributed by atoms with Gasteiger partial charge >= 0.3 is 0 Å². The maximum atomic E-state index is 12.5. The number of nitrogens with zero attached hydrogens (tertiary/aromatic N) is 3. The van der Waals surface area contributed by atoms with Crippen LogP contribution in [0.5, 0.6) is 0 Å². The van der Waals surface area contributed by atoms with Gasteiger partial charge in [-0.2, -0.15) is 0 Å². The minimum absolute atomic E-state index is 0.0283. The first kappa shape index (κ1) is 16.7. The molecular formula is C19H24N4OS. The molecule has 1 amide bonds. The second kappa shape index (κ2) is 7.22. The Bertz CT molecular complexity index is 738. The average molecular weight is 356 g/mol. The van der Waals surface area contributed by atoms with Crippen molar-refractivity contribution in [1.29, 1.82) is 0 Å². The van der Waals surface area contributed by atoms with E-state index in [1.54, 1.807) is 18.0 Å². The summed E-state index contributed by atoms with van der Waals surface area (Å²) in [6.45, 7) is 3.31. The van der Waals surface area contributed by atoms with Crippen molar-refractivity contribution in [3.63, 3.8) is 0 Å². The van der Waals surface area contributed by atoms with Crippen LogP contribution in [0.1, 0.15) is 29.6 Å². The molecule has 1 saturated heterocycles. The number of amides is 1. The van der Waals surface area contributed by atoms with Gasteiger partial charge in [-0.25, -0.2) is 4.98 Å². The Hall–Kier alpha value is -1.79. The zero-order valence-electron chi connectivity index (χ0n) is 14.5. The fraction of sp³-hybridized carbons (Fsp3) is 0.474. The smallest absolute Gasteiger partial charge is 0.251 e. The molecule has 1 saturated carbocycles. The maximum Gasteiger partial charge on any atom is 0.251 e. The third-order valence-electron chi connectivity index (χ3n) is 5.02. The van der Waals surface area contributed by atoms with Gasteiger partial charge in [0.1, 0.15) is 0 Å². The van der Waals surface area contributed by atoms with Gasteiger partial charge < -0.3 is 10.2 Å². The second-order valence-electron chi connectivity index (χ2n) is 6.99. The van der Waals surface area contributed by atoms with Crippen molar-refractivity contribution in [3.05, 3.63) is 42.2 Å². The van der Waals surface area contributed by atoms with E-state index in [2.05, 4.69) is 15.2 Å². The lowest BCUT2D eigenvalue weighted by molar-refractivity contribution is 0.0937. The number of aromatic nitrogens is 2. The summed E-state index contributed by atoms with van der Waals surface area (Å²) in [5, 5.41) is 4.14. The number of hydrogen-bond donors (Lipinski definition) is 1. The number of nitrogens with one attached hydrogen (secondary N) is 1. The van der Waals surface area contributed by atoms with Crippen molar-refractivity contribution in [2.45, 2.75) is 30.5 Å². The van der Waals surface area contributed by atoms with Crippen molar-refractivity contribution in [3.8, 4) is 5.69 Å². The highest BCUT2D eigenvalue weighted by Gasteiger charge is 2.29. The highest BCUT2D eigenvalue weighted by atomic mass is 32.2. The van der Waals surface area contributed by atoms with Crippen molar-refractivity contribution in [1.82, 2.24) is 19.8 Å². The summed E-state index contributed by atoms with van der Waals surface area (Å²) in [4.78, 5) is 19.3. The fourth-order valence-electron chi connectivity index (χ4n) is 3.46. The number of thioether (sulfide) groups is 1. The molecule has 132 valence electrons. The Kier molecular flexibility index (Phi) is 4.81. The first-order chi connectivity index (χ1) is 12.2. The molecule has 1 N–H and O–H groups in total. The molecule has 0 radical (unpaired) electrons. The minimum Gasteiger partial charge on any atom is -0.348 e. The molecule has 0 spiro atoms. The highest BCUT2D eigenvalue weighted by molar-refractivity contribution is 7.98. The molecule has 1 unspecified atom stereocenters. The van der Waals surface area contributed by atoms with Crippen LogP contribution in [0, 0.1) is 5.92 Å².